The Balaban J connectivity index is 2.77. The number of anilines is 2. The number of hydrogen-bond acceptors (Lipinski definition) is 5. The minimum atomic E-state index is 0.905. The predicted octanol–water partition coefficient (Wildman–Crippen LogP) is 26.8. The van der Waals surface area contributed by atoms with Crippen molar-refractivity contribution in [3.63, 3.8) is 0 Å². The van der Waals surface area contributed by atoms with Crippen molar-refractivity contribution in [3.05, 3.63) is 5.82 Å². The Bertz CT molecular complexity index is 1150. The molecule has 0 unspecified atom stereocenters. The third kappa shape index (κ3) is 56.2. The van der Waals surface area contributed by atoms with E-state index in [9.17, 15) is 0 Å². The van der Waals surface area contributed by atoms with E-state index in [0.29, 0.717) is 0 Å². The molecule has 0 aliphatic heterocycles. The van der Waals surface area contributed by atoms with Gasteiger partial charge in [-0.25, -0.2) is 0 Å². The van der Waals surface area contributed by atoms with E-state index < -0.39 is 0 Å². The molecule has 1 aromatic rings. The second-order valence-electron chi connectivity index (χ2n) is 26.7. The number of aryl methyl sites for hydroxylation is 1. The van der Waals surface area contributed by atoms with Gasteiger partial charge >= 0.3 is 0 Å². The Hall–Kier alpha value is -1.39. The van der Waals surface area contributed by atoms with Crippen LogP contribution in [0.3, 0.4) is 0 Å². The molecule has 0 aliphatic carbocycles. The highest BCUT2D eigenvalue weighted by molar-refractivity contribution is 5.39. The Kier molecular flexibility index (Phi) is 63.4. The summed E-state index contributed by atoms with van der Waals surface area (Å²) in [6, 6.07) is 0. The van der Waals surface area contributed by atoms with Gasteiger partial charge in [-0.2, -0.15) is 15.0 Å². The molecule has 0 bridgehead atoms. The van der Waals surface area contributed by atoms with Crippen LogP contribution in [0.1, 0.15) is 444 Å². The molecule has 0 N–H and O–H groups in total. The molecule has 5 nitrogen and oxygen atoms in total. The summed E-state index contributed by atoms with van der Waals surface area (Å²) in [7, 11) is 0. The highest BCUT2D eigenvalue weighted by Crippen LogP contribution is 2.22. The second kappa shape index (κ2) is 66.1. The average molecular weight is 1140 g/mol. The fourth-order valence-corrected chi connectivity index (χ4v) is 12.8. The molecule has 1 aromatic heterocycles. The fraction of sp³-hybridized carbons (Fsp3) is 0.961. The SMILES string of the molecule is CCCCCCCCCCCCCCCCCCN(CCCCCCCCCCCCCCCCCC)c1nc(C)nc(N(CCCCCCCCCCCCCCCCCC)CCCCCCCCCCCCCCCCCC)n1. The fourth-order valence-electron chi connectivity index (χ4n) is 12.8. The lowest BCUT2D eigenvalue weighted by Crippen LogP contribution is -2.32. The minimum absolute atomic E-state index is 0.905. The molecule has 0 saturated carbocycles. The summed E-state index contributed by atoms with van der Waals surface area (Å²) in [5.41, 5.74) is 0. The maximum absolute atomic E-state index is 5.43. The summed E-state index contributed by atoms with van der Waals surface area (Å²) in [5.74, 6) is 2.83. The largest absolute Gasteiger partial charge is 0.341 e. The van der Waals surface area contributed by atoms with E-state index in [4.69, 9.17) is 15.0 Å². The van der Waals surface area contributed by atoms with Gasteiger partial charge < -0.3 is 9.80 Å². The Morgan fingerprint density at radius 2 is 0.296 bits per heavy atom. The molecule has 5 heteroatoms. The van der Waals surface area contributed by atoms with Gasteiger partial charge in [-0.05, 0) is 32.6 Å². The van der Waals surface area contributed by atoms with E-state index in [1.54, 1.807) is 0 Å². The van der Waals surface area contributed by atoms with E-state index in [0.717, 1.165) is 43.9 Å². The van der Waals surface area contributed by atoms with E-state index in [1.165, 1.54) is 411 Å². The first kappa shape index (κ1) is 77.6. The first-order chi connectivity index (χ1) is 40.2. The molecule has 480 valence electrons. The van der Waals surface area contributed by atoms with Crippen molar-refractivity contribution in [2.75, 3.05) is 36.0 Å². The van der Waals surface area contributed by atoms with Crippen LogP contribution in [-0.4, -0.2) is 41.1 Å². The molecule has 0 aromatic carbocycles. The van der Waals surface area contributed by atoms with E-state index in [2.05, 4.69) is 44.4 Å². The quantitative estimate of drug-likeness (QED) is 0.0608. The number of unbranched alkanes of at least 4 members (excludes halogenated alkanes) is 60. The molecular formula is C76H151N5. The van der Waals surface area contributed by atoms with Gasteiger partial charge in [-0.1, -0.05) is 413 Å². The molecule has 0 atom stereocenters. The van der Waals surface area contributed by atoms with Gasteiger partial charge in [-0.15, -0.1) is 0 Å². The monoisotopic (exact) mass is 1130 g/mol. The van der Waals surface area contributed by atoms with Crippen LogP contribution in [-0.2, 0) is 0 Å². The average Bonchev–Trinajstić information content (AvgIpc) is 3.47. The predicted molar refractivity (Wildman–Crippen MR) is 367 cm³/mol. The van der Waals surface area contributed by atoms with Gasteiger partial charge in [0.25, 0.3) is 0 Å². The van der Waals surface area contributed by atoms with Gasteiger partial charge in [0.2, 0.25) is 11.9 Å². The van der Waals surface area contributed by atoms with Crippen molar-refractivity contribution < 1.29 is 0 Å². The molecule has 81 heavy (non-hydrogen) atoms. The minimum Gasteiger partial charge on any atom is -0.341 e. The van der Waals surface area contributed by atoms with Crippen molar-refractivity contribution in [1.29, 1.82) is 0 Å². The van der Waals surface area contributed by atoms with Crippen molar-refractivity contribution in [2.24, 2.45) is 0 Å². The summed E-state index contributed by atoms with van der Waals surface area (Å²) < 4.78 is 0. The van der Waals surface area contributed by atoms with Gasteiger partial charge in [-0.3, -0.25) is 0 Å². The lowest BCUT2D eigenvalue weighted by Gasteiger charge is -2.27. The van der Waals surface area contributed by atoms with E-state index in [-0.39, 0.29) is 0 Å². The van der Waals surface area contributed by atoms with Crippen molar-refractivity contribution in [1.82, 2.24) is 15.0 Å². The summed E-state index contributed by atoms with van der Waals surface area (Å²) in [5, 5.41) is 0. The Morgan fingerprint density at radius 3 is 0.432 bits per heavy atom. The third-order valence-electron chi connectivity index (χ3n) is 18.4. The molecule has 1 rings (SSSR count). The number of aromatic nitrogens is 3. The standard InChI is InChI=1S/C76H151N5/c1-6-10-14-18-22-26-30-34-38-42-46-50-54-58-62-66-70-80(71-67-63-59-55-51-47-43-39-35-31-27-23-19-15-11-7-2)75-77-74(5)78-76(79-75)81(72-68-64-60-56-52-48-44-40-36-32-28-24-20-16-12-8-3)73-69-65-61-57-53-49-45-41-37-33-29-25-21-17-13-9-4/h6-73H2,1-5H3. The number of hydrogen-bond donors (Lipinski definition) is 0. The van der Waals surface area contributed by atoms with Crippen LogP contribution >= 0.6 is 0 Å². The Morgan fingerprint density at radius 1 is 0.173 bits per heavy atom. The highest BCUT2D eigenvalue weighted by Gasteiger charge is 2.17. The lowest BCUT2D eigenvalue weighted by molar-refractivity contribution is 0.522. The first-order valence-corrected chi connectivity index (χ1v) is 38.4. The normalized spacial score (nSPS) is 11.7. The number of nitrogens with zero attached hydrogens (tertiary/aromatic N) is 5. The second-order valence-corrected chi connectivity index (χ2v) is 26.7. The molecule has 1 heterocycles. The van der Waals surface area contributed by atoms with Gasteiger partial charge in [0.15, 0.2) is 0 Å². The van der Waals surface area contributed by atoms with Crippen LogP contribution in [0, 0.1) is 6.92 Å². The molecule has 0 saturated heterocycles. The molecule has 0 amide bonds. The van der Waals surface area contributed by atoms with Crippen LogP contribution in [0.15, 0.2) is 0 Å². The van der Waals surface area contributed by atoms with E-state index >= 15 is 0 Å². The zero-order chi connectivity index (χ0) is 58.1. The zero-order valence-corrected chi connectivity index (χ0v) is 56.8. The number of rotatable bonds is 70. The van der Waals surface area contributed by atoms with Crippen LogP contribution in [0.2, 0.25) is 0 Å². The smallest absolute Gasteiger partial charge is 0.230 e. The molecule has 0 aliphatic rings. The summed E-state index contributed by atoms with van der Waals surface area (Å²) in [6.45, 7) is 15.7. The zero-order valence-electron chi connectivity index (χ0n) is 56.8. The lowest BCUT2D eigenvalue weighted by atomic mass is 10.0. The maximum atomic E-state index is 5.43. The summed E-state index contributed by atoms with van der Waals surface area (Å²) in [6.07, 6.45) is 90.5. The Labute approximate surface area is 511 Å². The summed E-state index contributed by atoms with van der Waals surface area (Å²) in [4.78, 5) is 20.9. The van der Waals surface area contributed by atoms with Crippen LogP contribution < -0.4 is 9.80 Å². The molecule has 0 radical (unpaired) electrons. The van der Waals surface area contributed by atoms with Gasteiger partial charge in [0.1, 0.15) is 5.82 Å². The van der Waals surface area contributed by atoms with Crippen molar-refractivity contribution >= 4 is 11.9 Å². The van der Waals surface area contributed by atoms with Crippen molar-refractivity contribution in [3.8, 4) is 0 Å². The highest BCUT2D eigenvalue weighted by atomic mass is 15.3. The van der Waals surface area contributed by atoms with Crippen LogP contribution in [0.4, 0.5) is 11.9 Å². The maximum Gasteiger partial charge on any atom is 0.230 e. The molecule has 0 spiro atoms. The third-order valence-corrected chi connectivity index (χ3v) is 18.4. The molecule has 0 fully saturated rings. The first-order valence-electron chi connectivity index (χ1n) is 38.4. The van der Waals surface area contributed by atoms with Crippen LogP contribution in [0.25, 0.3) is 0 Å². The topological polar surface area (TPSA) is 45.2 Å². The van der Waals surface area contributed by atoms with Gasteiger partial charge in [0, 0.05) is 26.2 Å². The van der Waals surface area contributed by atoms with E-state index in [1.807, 2.05) is 0 Å². The molecular weight excluding hydrogens is 983 g/mol. The van der Waals surface area contributed by atoms with Crippen molar-refractivity contribution in [2.45, 2.75) is 446 Å². The summed E-state index contributed by atoms with van der Waals surface area (Å²) >= 11 is 0. The van der Waals surface area contributed by atoms with Crippen LogP contribution in [0.5, 0.6) is 0 Å². The van der Waals surface area contributed by atoms with Gasteiger partial charge in [0.05, 0.1) is 0 Å².